The van der Waals surface area contributed by atoms with E-state index in [9.17, 15) is 13.2 Å². The minimum atomic E-state index is -3.26. The fourth-order valence-electron chi connectivity index (χ4n) is 2.36. The zero-order valence-corrected chi connectivity index (χ0v) is 13.5. The lowest BCUT2D eigenvalue weighted by Gasteiger charge is -2.20. The molecule has 1 fully saturated rings. The van der Waals surface area contributed by atoms with Gasteiger partial charge in [-0.3, -0.25) is 9.10 Å². The Bertz CT molecular complexity index is 660. The summed E-state index contributed by atoms with van der Waals surface area (Å²) in [6, 6.07) is 4.39. The van der Waals surface area contributed by atoms with E-state index >= 15 is 0 Å². The summed E-state index contributed by atoms with van der Waals surface area (Å²) in [7, 11) is -1.79. The number of carbonyl (C=O) groups is 1. The summed E-state index contributed by atoms with van der Waals surface area (Å²) in [6.07, 6.45) is 0.608. The van der Waals surface area contributed by atoms with Crippen LogP contribution in [0.25, 0.3) is 0 Å². The van der Waals surface area contributed by atoms with Crippen LogP contribution in [0.1, 0.15) is 12.0 Å². The minimum Gasteiger partial charge on any atom is -0.383 e. The van der Waals surface area contributed by atoms with Crippen molar-refractivity contribution in [2.24, 2.45) is 5.73 Å². The Kier molecular flexibility index (Phi) is 5.05. The highest BCUT2D eigenvalue weighted by atomic mass is 32.2. The van der Waals surface area contributed by atoms with Crippen molar-refractivity contribution in [2.75, 3.05) is 35.6 Å². The standard InChI is InChI=1S/C14H21N3O4S/c1-10-4-5-11(16-14(18)12(15)9-21-2)8-13(10)17-6-3-7-22(17,19)20/h4-5,8,12H,3,6-7,9,15H2,1-2H3,(H,16,18). The summed E-state index contributed by atoms with van der Waals surface area (Å²) in [5.74, 6) is -0.220. The molecule has 0 aromatic heterocycles. The third kappa shape index (κ3) is 3.57. The molecule has 0 bridgehead atoms. The van der Waals surface area contributed by atoms with E-state index in [2.05, 4.69) is 5.32 Å². The number of sulfonamides is 1. The molecule has 7 nitrogen and oxygen atoms in total. The van der Waals surface area contributed by atoms with Crippen molar-refractivity contribution in [3.63, 3.8) is 0 Å². The van der Waals surface area contributed by atoms with Gasteiger partial charge in [-0.15, -0.1) is 0 Å². The van der Waals surface area contributed by atoms with Gasteiger partial charge < -0.3 is 15.8 Å². The molecule has 1 aliphatic rings. The van der Waals surface area contributed by atoms with Gasteiger partial charge in [0, 0.05) is 19.3 Å². The average molecular weight is 327 g/mol. The van der Waals surface area contributed by atoms with E-state index in [0.717, 1.165) is 5.56 Å². The lowest BCUT2D eigenvalue weighted by molar-refractivity contribution is -0.118. The Morgan fingerprint density at radius 2 is 2.23 bits per heavy atom. The number of hydrogen-bond donors (Lipinski definition) is 2. The lowest BCUT2D eigenvalue weighted by atomic mass is 10.1. The third-order valence-corrected chi connectivity index (χ3v) is 5.38. The summed E-state index contributed by atoms with van der Waals surface area (Å²) >= 11 is 0. The molecule has 0 aliphatic carbocycles. The molecule has 1 amide bonds. The van der Waals surface area contributed by atoms with Crippen LogP contribution in [0.4, 0.5) is 11.4 Å². The SMILES string of the molecule is COCC(N)C(=O)Nc1ccc(C)c(N2CCCS2(=O)=O)c1. The molecule has 0 spiro atoms. The number of aryl methyl sites for hydroxylation is 1. The van der Waals surface area contributed by atoms with Crippen molar-refractivity contribution >= 4 is 27.3 Å². The van der Waals surface area contributed by atoms with Crippen LogP contribution in [0.2, 0.25) is 0 Å². The van der Waals surface area contributed by atoms with Gasteiger partial charge in [0.05, 0.1) is 18.0 Å². The predicted molar refractivity (Wildman–Crippen MR) is 85.4 cm³/mol. The summed E-state index contributed by atoms with van der Waals surface area (Å²) < 4.78 is 30.3. The Morgan fingerprint density at radius 3 is 2.82 bits per heavy atom. The normalized spacial score (nSPS) is 18.2. The minimum absolute atomic E-state index is 0.116. The summed E-state index contributed by atoms with van der Waals surface area (Å²) in [5, 5.41) is 2.68. The molecule has 1 aliphatic heterocycles. The molecule has 1 aromatic carbocycles. The van der Waals surface area contributed by atoms with Crippen LogP contribution >= 0.6 is 0 Å². The number of methoxy groups -OCH3 is 1. The predicted octanol–water partition coefficient (Wildman–Crippen LogP) is 0.447. The number of nitrogens with zero attached hydrogens (tertiary/aromatic N) is 1. The van der Waals surface area contributed by atoms with Gasteiger partial charge in [0.2, 0.25) is 15.9 Å². The first-order valence-electron chi connectivity index (χ1n) is 7.01. The molecule has 122 valence electrons. The Labute approximate surface area is 130 Å². The van der Waals surface area contributed by atoms with Gasteiger partial charge in [0.1, 0.15) is 6.04 Å². The lowest BCUT2D eigenvalue weighted by Crippen LogP contribution is -2.39. The molecule has 2 rings (SSSR count). The quantitative estimate of drug-likeness (QED) is 0.817. The Balaban J connectivity index is 2.22. The second kappa shape index (κ2) is 6.64. The smallest absolute Gasteiger partial charge is 0.243 e. The molecule has 0 saturated carbocycles. The van der Waals surface area contributed by atoms with E-state index in [1.165, 1.54) is 11.4 Å². The molecule has 1 aromatic rings. The molecular formula is C14H21N3O4S. The van der Waals surface area contributed by atoms with Crippen molar-refractivity contribution in [2.45, 2.75) is 19.4 Å². The van der Waals surface area contributed by atoms with Crippen molar-refractivity contribution in [1.29, 1.82) is 0 Å². The maximum Gasteiger partial charge on any atom is 0.243 e. The molecule has 22 heavy (non-hydrogen) atoms. The Hall–Kier alpha value is -1.64. The van der Waals surface area contributed by atoms with Gasteiger partial charge >= 0.3 is 0 Å². The van der Waals surface area contributed by atoms with E-state index in [1.54, 1.807) is 18.2 Å². The number of nitrogens with two attached hydrogens (primary N) is 1. The highest BCUT2D eigenvalue weighted by Gasteiger charge is 2.29. The average Bonchev–Trinajstić information content (AvgIpc) is 2.80. The third-order valence-electron chi connectivity index (χ3n) is 3.53. The van der Waals surface area contributed by atoms with Crippen molar-refractivity contribution < 1.29 is 17.9 Å². The number of amides is 1. The van der Waals surface area contributed by atoms with Crippen LogP contribution in [0.5, 0.6) is 0 Å². The van der Waals surface area contributed by atoms with Crippen LogP contribution in [-0.4, -0.2) is 46.4 Å². The van der Waals surface area contributed by atoms with E-state index in [1.807, 2.05) is 6.92 Å². The number of ether oxygens (including phenoxy) is 1. The first-order chi connectivity index (χ1) is 10.3. The molecule has 1 saturated heterocycles. The zero-order valence-electron chi connectivity index (χ0n) is 12.7. The largest absolute Gasteiger partial charge is 0.383 e. The zero-order chi connectivity index (χ0) is 16.3. The van der Waals surface area contributed by atoms with Crippen LogP contribution < -0.4 is 15.4 Å². The molecule has 1 atom stereocenters. The fourth-order valence-corrected chi connectivity index (χ4v) is 3.97. The molecule has 1 unspecified atom stereocenters. The topological polar surface area (TPSA) is 102 Å². The second-order valence-electron chi connectivity index (χ2n) is 5.29. The molecule has 0 radical (unpaired) electrons. The molecule has 3 N–H and O–H groups in total. The van der Waals surface area contributed by atoms with Crippen molar-refractivity contribution in [3.8, 4) is 0 Å². The number of carbonyl (C=O) groups excluding carboxylic acids is 1. The van der Waals surface area contributed by atoms with Crippen LogP contribution in [0.15, 0.2) is 18.2 Å². The van der Waals surface area contributed by atoms with E-state index < -0.39 is 16.1 Å². The van der Waals surface area contributed by atoms with E-state index in [4.69, 9.17) is 10.5 Å². The molecular weight excluding hydrogens is 306 g/mol. The van der Waals surface area contributed by atoms with Crippen LogP contribution in [0, 0.1) is 6.92 Å². The van der Waals surface area contributed by atoms with E-state index in [0.29, 0.717) is 24.3 Å². The van der Waals surface area contributed by atoms with Gasteiger partial charge in [-0.2, -0.15) is 0 Å². The summed E-state index contributed by atoms with van der Waals surface area (Å²) in [5.41, 5.74) is 7.61. The van der Waals surface area contributed by atoms with Crippen LogP contribution in [0.3, 0.4) is 0 Å². The number of hydrogen-bond acceptors (Lipinski definition) is 5. The maximum atomic E-state index is 12.0. The second-order valence-corrected chi connectivity index (χ2v) is 7.31. The first kappa shape index (κ1) is 16.7. The number of rotatable bonds is 5. The number of nitrogens with one attached hydrogen (secondary N) is 1. The molecule has 8 heteroatoms. The molecule has 1 heterocycles. The maximum absolute atomic E-state index is 12.0. The van der Waals surface area contributed by atoms with Gasteiger partial charge in [0.25, 0.3) is 0 Å². The highest BCUT2D eigenvalue weighted by molar-refractivity contribution is 7.93. The highest BCUT2D eigenvalue weighted by Crippen LogP contribution is 2.29. The van der Waals surface area contributed by atoms with Crippen molar-refractivity contribution in [1.82, 2.24) is 0 Å². The van der Waals surface area contributed by atoms with Crippen molar-refractivity contribution in [3.05, 3.63) is 23.8 Å². The first-order valence-corrected chi connectivity index (χ1v) is 8.62. The van der Waals surface area contributed by atoms with Gasteiger partial charge in [-0.25, -0.2) is 8.42 Å². The summed E-state index contributed by atoms with van der Waals surface area (Å²) in [4.78, 5) is 11.9. The van der Waals surface area contributed by atoms with E-state index in [-0.39, 0.29) is 18.3 Å². The van der Waals surface area contributed by atoms with Gasteiger partial charge in [0.15, 0.2) is 0 Å². The van der Waals surface area contributed by atoms with Crippen LogP contribution in [-0.2, 0) is 19.6 Å². The number of anilines is 2. The van der Waals surface area contributed by atoms with Gasteiger partial charge in [-0.1, -0.05) is 6.07 Å². The van der Waals surface area contributed by atoms with Gasteiger partial charge in [-0.05, 0) is 31.0 Å². The fraction of sp³-hybridized carbons (Fsp3) is 0.500. The monoisotopic (exact) mass is 327 g/mol. The Morgan fingerprint density at radius 1 is 1.50 bits per heavy atom. The summed E-state index contributed by atoms with van der Waals surface area (Å²) in [6.45, 7) is 2.42. The number of benzene rings is 1.